The molecule has 2 aliphatic rings. The van der Waals surface area contributed by atoms with Gasteiger partial charge in [-0.3, -0.25) is 4.79 Å². The van der Waals surface area contributed by atoms with E-state index in [4.69, 9.17) is 9.47 Å². The molecule has 2 atom stereocenters. The maximum absolute atomic E-state index is 12.7. The number of ether oxygens (including phenoxy) is 2. The predicted molar refractivity (Wildman–Crippen MR) is 81.8 cm³/mol. The lowest BCUT2D eigenvalue weighted by Gasteiger charge is -2.35. The summed E-state index contributed by atoms with van der Waals surface area (Å²) >= 11 is 0. The second-order valence-corrected chi connectivity index (χ2v) is 5.92. The lowest BCUT2D eigenvalue weighted by molar-refractivity contribution is -0.127. The van der Waals surface area contributed by atoms with Crippen molar-refractivity contribution in [3.8, 4) is 5.75 Å². The summed E-state index contributed by atoms with van der Waals surface area (Å²) in [6, 6.07) is 6.00. The molecule has 0 saturated carbocycles. The molecule has 0 radical (unpaired) electrons. The Hall–Kier alpha value is -1.55. The van der Waals surface area contributed by atoms with Crippen LogP contribution in [0.15, 0.2) is 18.2 Å². The third-order valence-electron chi connectivity index (χ3n) is 4.58. The van der Waals surface area contributed by atoms with Crippen LogP contribution in [-0.4, -0.2) is 32.3 Å². The van der Waals surface area contributed by atoms with E-state index in [-0.39, 0.29) is 12.0 Å². The molecule has 0 N–H and O–H groups in total. The summed E-state index contributed by atoms with van der Waals surface area (Å²) in [6.07, 6.45) is 3.66. The number of hydrogen-bond acceptors (Lipinski definition) is 3. The highest BCUT2D eigenvalue weighted by Crippen LogP contribution is 2.34. The molecule has 2 unspecified atom stereocenters. The van der Waals surface area contributed by atoms with Crippen LogP contribution < -0.4 is 9.64 Å². The maximum Gasteiger partial charge on any atom is 0.256 e. The minimum absolute atomic E-state index is 0.122. The zero-order valence-corrected chi connectivity index (χ0v) is 12.8. The Morgan fingerprint density at radius 1 is 1.48 bits per heavy atom. The van der Waals surface area contributed by atoms with Crippen LogP contribution >= 0.6 is 0 Å². The van der Waals surface area contributed by atoms with Crippen molar-refractivity contribution in [1.82, 2.24) is 0 Å². The number of methoxy groups -OCH3 is 1. The number of anilines is 1. The number of rotatable bonds is 3. The highest BCUT2D eigenvalue weighted by atomic mass is 16.5. The standard InChI is InChI=1S/C17H23NO3/c1-3-12-9-13-10-14(20-2)6-7-15(13)18(11-12)17(19)16-5-4-8-21-16/h6-7,10,12,16H,3-5,8-9,11H2,1-2H3. The first kappa shape index (κ1) is 14.4. The molecule has 0 aromatic heterocycles. The van der Waals surface area contributed by atoms with E-state index in [9.17, 15) is 4.79 Å². The van der Waals surface area contributed by atoms with E-state index in [0.29, 0.717) is 12.5 Å². The molecule has 1 amide bonds. The van der Waals surface area contributed by atoms with Crippen LogP contribution in [0.25, 0.3) is 0 Å². The van der Waals surface area contributed by atoms with Crippen LogP contribution in [0.5, 0.6) is 5.75 Å². The summed E-state index contributed by atoms with van der Waals surface area (Å²) in [7, 11) is 1.68. The van der Waals surface area contributed by atoms with Crippen molar-refractivity contribution < 1.29 is 14.3 Å². The zero-order chi connectivity index (χ0) is 14.8. The van der Waals surface area contributed by atoms with Crippen LogP contribution in [-0.2, 0) is 16.0 Å². The first-order chi connectivity index (χ1) is 10.2. The van der Waals surface area contributed by atoms with E-state index in [1.807, 2.05) is 17.0 Å². The summed E-state index contributed by atoms with van der Waals surface area (Å²) in [5, 5.41) is 0. The molecule has 1 aromatic carbocycles. The third-order valence-corrected chi connectivity index (χ3v) is 4.58. The molecule has 0 aliphatic carbocycles. The largest absolute Gasteiger partial charge is 0.497 e. The number of hydrogen-bond donors (Lipinski definition) is 0. The summed E-state index contributed by atoms with van der Waals surface area (Å²) < 4.78 is 10.9. The Morgan fingerprint density at radius 3 is 3.00 bits per heavy atom. The molecule has 1 fully saturated rings. The van der Waals surface area contributed by atoms with E-state index < -0.39 is 0 Å². The number of carbonyl (C=O) groups is 1. The Bertz CT molecular complexity index is 523. The molecule has 1 aromatic rings. The first-order valence-electron chi connectivity index (χ1n) is 7.82. The Morgan fingerprint density at radius 2 is 2.33 bits per heavy atom. The van der Waals surface area contributed by atoms with Crippen molar-refractivity contribution in [1.29, 1.82) is 0 Å². The highest BCUT2D eigenvalue weighted by molar-refractivity contribution is 5.98. The maximum atomic E-state index is 12.7. The van der Waals surface area contributed by atoms with Gasteiger partial charge in [0.2, 0.25) is 0 Å². The Labute approximate surface area is 126 Å². The molecular weight excluding hydrogens is 266 g/mol. The number of fused-ring (bicyclic) bond motifs is 1. The summed E-state index contributed by atoms with van der Waals surface area (Å²) in [6.45, 7) is 3.69. The second kappa shape index (κ2) is 6.06. The van der Waals surface area contributed by atoms with Gasteiger partial charge in [0.25, 0.3) is 5.91 Å². The molecule has 2 aliphatic heterocycles. The van der Waals surface area contributed by atoms with Gasteiger partial charge < -0.3 is 14.4 Å². The fraction of sp³-hybridized carbons (Fsp3) is 0.588. The molecule has 1 saturated heterocycles. The molecular formula is C17H23NO3. The highest BCUT2D eigenvalue weighted by Gasteiger charge is 2.34. The monoisotopic (exact) mass is 289 g/mol. The second-order valence-electron chi connectivity index (χ2n) is 5.92. The fourth-order valence-electron chi connectivity index (χ4n) is 3.28. The van der Waals surface area contributed by atoms with Gasteiger partial charge in [-0.05, 0) is 48.9 Å². The van der Waals surface area contributed by atoms with E-state index in [1.54, 1.807) is 7.11 Å². The van der Waals surface area contributed by atoms with E-state index in [2.05, 4.69) is 13.0 Å². The van der Waals surface area contributed by atoms with Gasteiger partial charge in [-0.1, -0.05) is 13.3 Å². The molecule has 0 spiro atoms. The van der Waals surface area contributed by atoms with Crippen molar-refractivity contribution in [3.63, 3.8) is 0 Å². The molecule has 114 valence electrons. The SMILES string of the molecule is CCC1Cc2cc(OC)ccc2N(C(=O)C2CCCO2)C1. The van der Waals surface area contributed by atoms with Crippen molar-refractivity contribution >= 4 is 11.6 Å². The van der Waals surface area contributed by atoms with Gasteiger partial charge in [0.1, 0.15) is 11.9 Å². The van der Waals surface area contributed by atoms with Crippen molar-refractivity contribution in [3.05, 3.63) is 23.8 Å². The molecule has 3 rings (SSSR count). The van der Waals surface area contributed by atoms with Gasteiger partial charge in [-0.25, -0.2) is 0 Å². The quantitative estimate of drug-likeness (QED) is 0.859. The van der Waals surface area contributed by atoms with Gasteiger partial charge in [0.15, 0.2) is 0 Å². The molecule has 21 heavy (non-hydrogen) atoms. The van der Waals surface area contributed by atoms with Crippen LogP contribution in [0.3, 0.4) is 0 Å². The molecule has 4 nitrogen and oxygen atoms in total. The lowest BCUT2D eigenvalue weighted by atomic mass is 9.90. The van der Waals surface area contributed by atoms with E-state index in [1.165, 1.54) is 5.56 Å². The predicted octanol–water partition coefficient (Wildman–Crippen LogP) is 2.79. The van der Waals surface area contributed by atoms with Gasteiger partial charge in [-0.2, -0.15) is 0 Å². The van der Waals surface area contributed by atoms with Crippen LogP contribution in [0, 0.1) is 5.92 Å². The van der Waals surface area contributed by atoms with Crippen molar-refractivity contribution in [2.45, 2.75) is 38.7 Å². The summed E-state index contributed by atoms with van der Waals surface area (Å²) in [4.78, 5) is 14.7. The van der Waals surface area contributed by atoms with E-state index >= 15 is 0 Å². The number of carbonyl (C=O) groups excluding carboxylic acids is 1. The van der Waals surface area contributed by atoms with Crippen molar-refractivity contribution in [2.24, 2.45) is 5.92 Å². The molecule has 2 heterocycles. The summed E-state index contributed by atoms with van der Waals surface area (Å²) in [5.41, 5.74) is 2.24. The van der Waals surface area contributed by atoms with Crippen LogP contribution in [0.1, 0.15) is 31.7 Å². The minimum atomic E-state index is -0.254. The van der Waals surface area contributed by atoms with Crippen LogP contribution in [0.4, 0.5) is 5.69 Å². The number of benzene rings is 1. The molecule has 4 heteroatoms. The van der Waals surface area contributed by atoms with Gasteiger partial charge >= 0.3 is 0 Å². The normalized spacial score (nSPS) is 24.8. The topological polar surface area (TPSA) is 38.8 Å². The average Bonchev–Trinajstić information content (AvgIpc) is 3.06. The fourth-order valence-corrected chi connectivity index (χ4v) is 3.28. The minimum Gasteiger partial charge on any atom is -0.497 e. The Kier molecular flexibility index (Phi) is 4.15. The van der Waals surface area contributed by atoms with Gasteiger partial charge in [0.05, 0.1) is 7.11 Å². The van der Waals surface area contributed by atoms with Crippen molar-refractivity contribution in [2.75, 3.05) is 25.2 Å². The Balaban J connectivity index is 1.91. The number of nitrogens with zero attached hydrogens (tertiary/aromatic N) is 1. The van der Waals surface area contributed by atoms with Gasteiger partial charge in [0, 0.05) is 18.8 Å². The third kappa shape index (κ3) is 2.77. The number of amides is 1. The molecule has 0 bridgehead atoms. The lowest BCUT2D eigenvalue weighted by Crippen LogP contribution is -2.44. The average molecular weight is 289 g/mol. The van der Waals surface area contributed by atoms with E-state index in [0.717, 1.165) is 43.7 Å². The first-order valence-corrected chi connectivity index (χ1v) is 7.82. The summed E-state index contributed by atoms with van der Waals surface area (Å²) in [5.74, 6) is 1.49. The van der Waals surface area contributed by atoms with Gasteiger partial charge in [-0.15, -0.1) is 0 Å². The smallest absolute Gasteiger partial charge is 0.256 e. The zero-order valence-electron chi connectivity index (χ0n) is 12.8. The van der Waals surface area contributed by atoms with Crippen LogP contribution in [0.2, 0.25) is 0 Å².